The van der Waals surface area contributed by atoms with Crippen molar-refractivity contribution in [3.63, 3.8) is 0 Å². The number of aromatic nitrogens is 4. The van der Waals surface area contributed by atoms with E-state index in [1.54, 1.807) is 11.6 Å². The van der Waals surface area contributed by atoms with E-state index in [0.717, 1.165) is 68.5 Å². The molecule has 1 unspecified atom stereocenters. The van der Waals surface area contributed by atoms with Crippen LogP contribution in [0.1, 0.15) is 42.3 Å². The van der Waals surface area contributed by atoms with Gasteiger partial charge in [0.1, 0.15) is 11.5 Å². The van der Waals surface area contributed by atoms with E-state index in [2.05, 4.69) is 20.1 Å². The predicted octanol–water partition coefficient (Wildman–Crippen LogP) is 4.99. The SMILES string of the molecule is Cn1c(CCCCN2CCC(c3ccc(C(F)(F)F)nc3)C2)nnc1-c1ccc(F)c(F)c1. The lowest BCUT2D eigenvalue weighted by Crippen LogP contribution is -2.21. The maximum atomic E-state index is 13.5. The van der Waals surface area contributed by atoms with Crippen molar-refractivity contribution in [1.29, 1.82) is 0 Å². The molecule has 33 heavy (non-hydrogen) atoms. The number of nitrogens with zero attached hydrogens (tertiary/aromatic N) is 5. The topological polar surface area (TPSA) is 46.8 Å². The fraction of sp³-hybridized carbons (Fsp3) is 0.435. The van der Waals surface area contributed by atoms with Crippen molar-refractivity contribution in [2.75, 3.05) is 19.6 Å². The summed E-state index contributed by atoms with van der Waals surface area (Å²) in [6.07, 6.45) is 0.341. The first kappa shape index (κ1) is 23.3. The van der Waals surface area contributed by atoms with Crippen LogP contribution in [0, 0.1) is 11.6 Å². The lowest BCUT2D eigenvalue weighted by molar-refractivity contribution is -0.141. The van der Waals surface area contributed by atoms with Gasteiger partial charge in [0.15, 0.2) is 17.5 Å². The van der Waals surface area contributed by atoms with Gasteiger partial charge in [0, 0.05) is 31.8 Å². The molecule has 0 bridgehead atoms. The third kappa shape index (κ3) is 5.38. The van der Waals surface area contributed by atoms with Crippen molar-refractivity contribution in [2.24, 2.45) is 7.05 Å². The second kappa shape index (κ2) is 9.54. The van der Waals surface area contributed by atoms with Crippen molar-refractivity contribution in [2.45, 2.75) is 37.8 Å². The number of unbranched alkanes of at least 4 members (excludes halogenated alkanes) is 1. The van der Waals surface area contributed by atoms with Gasteiger partial charge in [-0.1, -0.05) is 6.07 Å². The monoisotopic (exact) mass is 465 g/mol. The standard InChI is InChI=1S/C23H24F5N5/c1-32-21(30-31-22(32)15-5-7-18(24)19(25)12-15)4-2-3-10-33-11-9-17(14-33)16-6-8-20(29-13-16)23(26,27)28/h5-8,12-13,17H,2-4,9-11,14H2,1H3. The molecule has 1 aliphatic heterocycles. The highest BCUT2D eigenvalue weighted by molar-refractivity contribution is 5.55. The summed E-state index contributed by atoms with van der Waals surface area (Å²) in [4.78, 5) is 5.88. The van der Waals surface area contributed by atoms with Crippen molar-refractivity contribution in [3.8, 4) is 11.4 Å². The lowest BCUT2D eigenvalue weighted by Gasteiger charge is -2.16. The van der Waals surface area contributed by atoms with Crippen LogP contribution >= 0.6 is 0 Å². The Kier molecular flexibility index (Phi) is 6.73. The first-order valence-corrected chi connectivity index (χ1v) is 10.8. The van der Waals surface area contributed by atoms with Crippen LogP contribution in [0.25, 0.3) is 11.4 Å². The van der Waals surface area contributed by atoms with E-state index < -0.39 is 23.5 Å². The van der Waals surface area contributed by atoms with Crippen LogP contribution in [-0.2, 0) is 19.6 Å². The van der Waals surface area contributed by atoms with E-state index in [1.165, 1.54) is 18.3 Å². The molecule has 3 aromatic rings. The molecule has 0 saturated carbocycles. The van der Waals surface area contributed by atoms with Crippen LogP contribution < -0.4 is 0 Å². The van der Waals surface area contributed by atoms with Crippen LogP contribution in [-0.4, -0.2) is 44.3 Å². The number of aryl methyl sites for hydroxylation is 1. The number of hydrogen-bond acceptors (Lipinski definition) is 4. The van der Waals surface area contributed by atoms with Crippen LogP contribution in [0.15, 0.2) is 36.5 Å². The number of alkyl halides is 3. The Morgan fingerprint density at radius 3 is 2.55 bits per heavy atom. The van der Waals surface area contributed by atoms with Gasteiger partial charge in [-0.25, -0.2) is 8.78 Å². The van der Waals surface area contributed by atoms with E-state index >= 15 is 0 Å². The van der Waals surface area contributed by atoms with Crippen LogP contribution in [0.4, 0.5) is 22.0 Å². The summed E-state index contributed by atoms with van der Waals surface area (Å²) in [5.74, 6) is -0.383. The van der Waals surface area contributed by atoms with Crippen molar-refractivity contribution < 1.29 is 22.0 Å². The molecular weight excluding hydrogens is 441 g/mol. The van der Waals surface area contributed by atoms with Crippen molar-refractivity contribution >= 4 is 0 Å². The largest absolute Gasteiger partial charge is 0.433 e. The van der Waals surface area contributed by atoms with Gasteiger partial charge in [-0.2, -0.15) is 13.2 Å². The minimum atomic E-state index is -4.42. The number of rotatable bonds is 7. The highest BCUT2D eigenvalue weighted by atomic mass is 19.4. The molecule has 3 heterocycles. The Bertz CT molecular complexity index is 1090. The molecule has 1 atom stereocenters. The van der Waals surface area contributed by atoms with Crippen molar-refractivity contribution in [3.05, 3.63) is 65.2 Å². The summed E-state index contributed by atoms with van der Waals surface area (Å²) >= 11 is 0. The Hall–Kier alpha value is -2.88. The number of halogens is 5. The van der Waals surface area contributed by atoms with E-state index in [4.69, 9.17) is 0 Å². The van der Waals surface area contributed by atoms with Gasteiger partial charge in [-0.3, -0.25) is 4.98 Å². The molecule has 0 spiro atoms. The van der Waals surface area contributed by atoms with Gasteiger partial charge in [-0.05, 0) is 68.1 Å². The second-order valence-electron chi connectivity index (χ2n) is 8.35. The molecule has 5 nitrogen and oxygen atoms in total. The minimum Gasteiger partial charge on any atom is -0.314 e. The summed E-state index contributed by atoms with van der Waals surface area (Å²) in [5, 5.41) is 8.30. The Balaban J connectivity index is 1.25. The Morgan fingerprint density at radius 1 is 1.03 bits per heavy atom. The van der Waals surface area contributed by atoms with E-state index in [1.807, 2.05) is 0 Å². The molecule has 176 valence electrons. The lowest BCUT2D eigenvalue weighted by atomic mass is 10.00. The molecule has 0 N–H and O–H groups in total. The molecule has 1 saturated heterocycles. The predicted molar refractivity (Wildman–Crippen MR) is 112 cm³/mol. The molecule has 4 rings (SSSR count). The first-order valence-electron chi connectivity index (χ1n) is 10.8. The first-order chi connectivity index (χ1) is 15.7. The van der Waals surface area contributed by atoms with Gasteiger partial charge in [0.25, 0.3) is 0 Å². The molecule has 0 aliphatic carbocycles. The van der Waals surface area contributed by atoms with Crippen LogP contribution in [0.2, 0.25) is 0 Å². The summed E-state index contributed by atoms with van der Waals surface area (Å²) < 4.78 is 66.5. The number of pyridine rings is 1. The second-order valence-corrected chi connectivity index (χ2v) is 8.35. The maximum Gasteiger partial charge on any atom is 0.433 e. The van der Waals surface area contributed by atoms with Crippen LogP contribution in [0.3, 0.4) is 0 Å². The van der Waals surface area contributed by atoms with E-state index in [-0.39, 0.29) is 5.92 Å². The summed E-state index contributed by atoms with van der Waals surface area (Å²) in [7, 11) is 1.80. The van der Waals surface area contributed by atoms with Gasteiger partial charge in [0.2, 0.25) is 0 Å². The highest BCUT2D eigenvalue weighted by Crippen LogP contribution is 2.31. The van der Waals surface area contributed by atoms with Crippen LogP contribution in [0.5, 0.6) is 0 Å². The Labute approximate surface area is 188 Å². The molecule has 10 heteroatoms. The summed E-state index contributed by atoms with van der Waals surface area (Å²) in [5.41, 5.74) is 0.447. The zero-order valence-electron chi connectivity index (χ0n) is 18.1. The third-order valence-electron chi connectivity index (χ3n) is 6.09. The zero-order valence-corrected chi connectivity index (χ0v) is 18.1. The minimum absolute atomic E-state index is 0.192. The van der Waals surface area contributed by atoms with Crippen molar-refractivity contribution in [1.82, 2.24) is 24.6 Å². The molecule has 0 amide bonds. The quantitative estimate of drug-likeness (QED) is 0.365. The smallest absolute Gasteiger partial charge is 0.314 e. The van der Waals surface area contributed by atoms with Gasteiger partial charge in [0.05, 0.1) is 0 Å². The molecule has 0 radical (unpaired) electrons. The van der Waals surface area contributed by atoms with E-state index in [0.29, 0.717) is 17.8 Å². The van der Waals surface area contributed by atoms with Gasteiger partial charge in [-0.15, -0.1) is 10.2 Å². The molecule has 1 aromatic carbocycles. The third-order valence-corrected chi connectivity index (χ3v) is 6.09. The number of likely N-dealkylation sites (tertiary alicyclic amines) is 1. The summed E-state index contributed by atoms with van der Waals surface area (Å²) in [6, 6.07) is 6.24. The normalized spacial score (nSPS) is 17.1. The van der Waals surface area contributed by atoms with Gasteiger partial charge >= 0.3 is 6.18 Å². The average Bonchev–Trinajstić information content (AvgIpc) is 3.40. The van der Waals surface area contributed by atoms with Gasteiger partial charge < -0.3 is 9.47 Å². The molecular formula is C23H24F5N5. The molecule has 2 aromatic heterocycles. The fourth-order valence-corrected chi connectivity index (χ4v) is 4.21. The number of benzene rings is 1. The highest BCUT2D eigenvalue weighted by Gasteiger charge is 2.32. The molecule has 1 fully saturated rings. The Morgan fingerprint density at radius 2 is 1.85 bits per heavy atom. The average molecular weight is 465 g/mol. The summed E-state index contributed by atoms with van der Waals surface area (Å²) in [6.45, 7) is 2.59. The fourth-order valence-electron chi connectivity index (χ4n) is 4.21. The zero-order chi connectivity index (χ0) is 23.6. The number of hydrogen-bond donors (Lipinski definition) is 0. The molecule has 1 aliphatic rings. The maximum absolute atomic E-state index is 13.5. The van der Waals surface area contributed by atoms with E-state index in [9.17, 15) is 22.0 Å².